The Morgan fingerprint density at radius 2 is 1.87 bits per heavy atom. The van der Waals surface area contributed by atoms with E-state index in [4.69, 9.17) is 14.7 Å². The van der Waals surface area contributed by atoms with Crippen molar-refractivity contribution in [1.29, 1.82) is 5.26 Å². The molecule has 30 heavy (non-hydrogen) atoms. The summed E-state index contributed by atoms with van der Waals surface area (Å²) in [6.45, 7) is 5.58. The van der Waals surface area contributed by atoms with Crippen molar-refractivity contribution in [1.82, 2.24) is 5.32 Å². The normalized spacial score (nSPS) is 16.0. The number of anilines is 1. The molecule has 0 fully saturated rings. The molecule has 2 aromatic carbocycles. The van der Waals surface area contributed by atoms with E-state index in [1.165, 1.54) is 12.0 Å². The number of methoxy groups -OCH3 is 1. The van der Waals surface area contributed by atoms with Crippen LogP contribution in [0.25, 0.3) is 0 Å². The molecule has 7 heteroatoms. The molecule has 3 rings (SSSR count). The third kappa shape index (κ3) is 3.98. The molecule has 1 atom stereocenters. The number of ether oxygens (including phenoxy) is 2. The summed E-state index contributed by atoms with van der Waals surface area (Å²) in [6.07, 6.45) is 0. The van der Waals surface area contributed by atoms with E-state index >= 15 is 0 Å². The van der Waals surface area contributed by atoms with Crippen LogP contribution < -0.4 is 15.0 Å². The first-order valence-corrected chi connectivity index (χ1v) is 9.44. The molecule has 0 saturated heterocycles. The van der Waals surface area contributed by atoms with Gasteiger partial charge in [-0.05, 0) is 50.1 Å². The van der Waals surface area contributed by atoms with Crippen LogP contribution >= 0.6 is 0 Å². The SMILES string of the molecule is COC(=O)C1=C(C)N(c2ccc(C)cc2C)C(=O)N[C@H]1c1ccc(OCC#N)cc1. The van der Waals surface area contributed by atoms with Crippen molar-refractivity contribution in [3.63, 3.8) is 0 Å². The quantitative estimate of drug-likeness (QED) is 0.761. The number of carbonyl (C=O) groups is 2. The van der Waals surface area contributed by atoms with E-state index in [2.05, 4.69) is 5.32 Å². The number of urea groups is 1. The Labute approximate surface area is 175 Å². The summed E-state index contributed by atoms with van der Waals surface area (Å²) in [7, 11) is 1.32. The maximum atomic E-state index is 13.1. The van der Waals surface area contributed by atoms with Crippen LogP contribution in [0.1, 0.15) is 29.7 Å². The number of nitrogens with zero attached hydrogens (tertiary/aromatic N) is 2. The molecule has 0 bridgehead atoms. The number of hydrogen-bond donors (Lipinski definition) is 1. The van der Waals surface area contributed by atoms with Crippen molar-refractivity contribution in [3.8, 4) is 11.8 Å². The number of nitrogens with one attached hydrogen (secondary N) is 1. The maximum Gasteiger partial charge on any atom is 0.337 e. The number of benzene rings is 2. The highest BCUT2D eigenvalue weighted by atomic mass is 16.5. The molecule has 2 aromatic rings. The van der Waals surface area contributed by atoms with Crippen molar-refractivity contribution >= 4 is 17.7 Å². The number of rotatable bonds is 5. The van der Waals surface area contributed by atoms with Crippen molar-refractivity contribution in [3.05, 3.63) is 70.4 Å². The topological polar surface area (TPSA) is 91.7 Å². The zero-order valence-electron chi connectivity index (χ0n) is 17.4. The van der Waals surface area contributed by atoms with Gasteiger partial charge in [0.2, 0.25) is 0 Å². The second kappa shape index (κ2) is 8.70. The third-order valence-electron chi connectivity index (χ3n) is 5.00. The van der Waals surface area contributed by atoms with Gasteiger partial charge < -0.3 is 14.8 Å². The second-order valence-corrected chi connectivity index (χ2v) is 7.01. The Kier molecular flexibility index (Phi) is 6.07. The van der Waals surface area contributed by atoms with Gasteiger partial charge in [0.25, 0.3) is 0 Å². The number of hydrogen-bond acceptors (Lipinski definition) is 5. The van der Waals surface area contributed by atoms with Crippen molar-refractivity contribution < 1.29 is 19.1 Å². The third-order valence-corrected chi connectivity index (χ3v) is 5.00. The van der Waals surface area contributed by atoms with Crippen molar-refractivity contribution in [2.24, 2.45) is 0 Å². The summed E-state index contributed by atoms with van der Waals surface area (Å²) in [5.74, 6) is 0.0109. The Morgan fingerprint density at radius 1 is 1.17 bits per heavy atom. The highest BCUT2D eigenvalue weighted by Gasteiger charge is 2.37. The summed E-state index contributed by atoms with van der Waals surface area (Å²) in [5.41, 5.74) is 4.27. The minimum atomic E-state index is -0.669. The first kappa shape index (κ1) is 20.9. The van der Waals surface area contributed by atoms with Crippen LogP contribution in [0.4, 0.5) is 10.5 Å². The minimum Gasteiger partial charge on any atom is -0.479 e. The maximum absolute atomic E-state index is 13.1. The van der Waals surface area contributed by atoms with Gasteiger partial charge in [-0.2, -0.15) is 5.26 Å². The lowest BCUT2D eigenvalue weighted by Crippen LogP contribution is -2.48. The Morgan fingerprint density at radius 3 is 2.47 bits per heavy atom. The lowest BCUT2D eigenvalue weighted by molar-refractivity contribution is -0.136. The lowest BCUT2D eigenvalue weighted by Gasteiger charge is -2.36. The Balaban J connectivity index is 2.06. The number of nitriles is 1. The Bertz CT molecular complexity index is 1050. The molecule has 1 aliphatic rings. The Hall–Kier alpha value is -3.79. The fourth-order valence-corrected chi connectivity index (χ4v) is 3.59. The van der Waals surface area contributed by atoms with Gasteiger partial charge in [-0.25, -0.2) is 9.59 Å². The minimum absolute atomic E-state index is 0.0587. The molecule has 1 N–H and O–H groups in total. The van der Waals surface area contributed by atoms with Gasteiger partial charge in [-0.1, -0.05) is 29.8 Å². The summed E-state index contributed by atoms with van der Waals surface area (Å²) in [6, 6.07) is 13.6. The molecule has 0 unspecified atom stereocenters. The highest BCUT2D eigenvalue weighted by Crippen LogP contribution is 2.35. The van der Waals surface area contributed by atoms with E-state index in [1.54, 1.807) is 31.2 Å². The molecule has 2 amide bonds. The fourth-order valence-electron chi connectivity index (χ4n) is 3.59. The molecule has 1 heterocycles. The van der Waals surface area contributed by atoms with E-state index in [0.717, 1.165) is 11.1 Å². The number of aryl methyl sites for hydroxylation is 2. The molecule has 0 radical (unpaired) electrons. The van der Waals surface area contributed by atoms with Gasteiger partial charge in [0.1, 0.15) is 11.8 Å². The van der Waals surface area contributed by atoms with E-state index < -0.39 is 12.0 Å². The molecule has 1 aliphatic heterocycles. The lowest BCUT2D eigenvalue weighted by atomic mass is 9.94. The van der Waals surface area contributed by atoms with Crippen LogP contribution in [-0.4, -0.2) is 25.7 Å². The standard InChI is InChI=1S/C23H23N3O4/c1-14-5-10-19(15(2)13-14)26-16(3)20(22(27)29-4)21(25-23(26)28)17-6-8-18(9-7-17)30-12-11-24/h5-10,13,21H,12H2,1-4H3,(H,25,28)/t21-/m0/s1. The fraction of sp³-hybridized carbons (Fsp3) is 0.261. The number of allylic oxidation sites excluding steroid dienone is 1. The molecule has 154 valence electrons. The van der Waals surface area contributed by atoms with Crippen LogP contribution in [0.5, 0.6) is 5.75 Å². The monoisotopic (exact) mass is 405 g/mol. The van der Waals surface area contributed by atoms with Crippen LogP contribution in [-0.2, 0) is 9.53 Å². The van der Waals surface area contributed by atoms with E-state index in [0.29, 0.717) is 28.3 Å². The zero-order valence-corrected chi connectivity index (χ0v) is 17.4. The molecular formula is C23H23N3O4. The summed E-state index contributed by atoms with van der Waals surface area (Å²) in [4.78, 5) is 27.2. The van der Waals surface area contributed by atoms with E-state index in [1.807, 2.05) is 38.1 Å². The predicted octanol–water partition coefficient (Wildman–Crippen LogP) is 3.92. The van der Waals surface area contributed by atoms with Gasteiger partial charge in [0, 0.05) is 5.70 Å². The molecule has 0 aliphatic carbocycles. The van der Waals surface area contributed by atoms with Crippen molar-refractivity contribution in [2.75, 3.05) is 18.6 Å². The molecule has 7 nitrogen and oxygen atoms in total. The average molecular weight is 405 g/mol. The van der Waals surface area contributed by atoms with Gasteiger partial charge in [0.05, 0.1) is 24.4 Å². The summed E-state index contributed by atoms with van der Waals surface area (Å²) < 4.78 is 10.3. The first-order chi connectivity index (χ1) is 14.4. The smallest absolute Gasteiger partial charge is 0.337 e. The van der Waals surface area contributed by atoms with Gasteiger partial charge >= 0.3 is 12.0 Å². The van der Waals surface area contributed by atoms with E-state index in [-0.39, 0.29) is 12.6 Å². The molecule has 0 spiro atoms. The van der Waals surface area contributed by atoms with Gasteiger partial charge in [-0.3, -0.25) is 4.90 Å². The van der Waals surface area contributed by atoms with Crippen LogP contribution in [0.15, 0.2) is 53.7 Å². The molecular weight excluding hydrogens is 382 g/mol. The zero-order chi connectivity index (χ0) is 21.8. The molecule has 0 aromatic heterocycles. The predicted molar refractivity (Wildman–Crippen MR) is 112 cm³/mol. The number of carbonyl (C=O) groups excluding carboxylic acids is 2. The van der Waals surface area contributed by atoms with Gasteiger partial charge in [-0.15, -0.1) is 0 Å². The molecule has 0 saturated carbocycles. The highest BCUT2D eigenvalue weighted by molar-refractivity contribution is 6.03. The van der Waals surface area contributed by atoms with Crippen LogP contribution in [0, 0.1) is 25.2 Å². The van der Waals surface area contributed by atoms with Gasteiger partial charge in [0.15, 0.2) is 6.61 Å². The second-order valence-electron chi connectivity index (χ2n) is 7.01. The summed E-state index contributed by atoms with van der Waals surface area (Å²) in [5, 5.41) is 11.6. The first-order valence-electron chi connectivity index (χ1n) is 9.44. The average Bonchev–Trinajstić information content (AvgIpc) is 2.73. The van der Waals surface area contributed by atoms with Crippen molar-refractivity contribution in [2.45, 2.75) is 26.8 Å². The van der Waals surface area contributed by atoms with Crippen LogP contribution in [0.3, 0.4) is 0 Å². The summed E-state index contributed by atoms with van der Waals surface area (Å²) >= 11 is 0. The van der Waals surface area contributed by atoms with Crippen LogP contribution in [0.2, 0.25) is 0 Å². The number of esters is 1. The number of amides is 2. The van der Waals surface area contributed by atoms with E-state index in [9.17, 15) is 9.59 Å². The largest absolute Gasteiger partial charge is 0.479 e.